The van der Waals surface area contributed by atoms with E-state index in [0.717, 1.165) is 18.0 Å². The molecule has 26 heavy (non-hydrogen) atoms. The maximum absolute atomic E-state index is 12.3. The van der Waals surface area contributed by atoms with Gasteiger partial charge < -0.3 is 14.8 Å². The smallest absolute Gasteiger partial charge is 0.234 e. The fourth-order valence-electron chi connectivity index (χ4n) is 2.84. The zero-order valence-corrected chi connectivity index (χ0v) is 15.2. The Bertz CT molecular complexity index is 684. The number of hydrogen-bond acceptors (Lipinski definition) is 4. The molecular weight excluding hydrogens is 328 g/mol. The van der Waals surface area contributed by atoms with E-state index in [2.05, 4.69) is 22.3 Å². The predicted octanol–water partition coefficient (Wildman–Crippen LogP) is 2.85. The van der Waals surface area contributed by atoms with Gasteiger partial charge in [0, 0.05) is 12.6 Å². The van der Waals surface area contributed by atoms with Crippen molar-refractivity contribution < 1.29 is 14.3 Å². The molecule has 5 nitrogen and oxygen atoms in total. The topological polar surface area (TPSA) is 50.8 Å². The van der Waals surface area contributed by atoms with Crippen molar-refractivity contribution in [1.29, 1.82) is 0 Å². The first-order chi connectivity index (χ1) is 12.7. The summed E-state index contributed by atoms with van der Waals surface area (Å²) in [5.74, 6) is 1.71. The van der Waals surface area contributed by atoms with E-state index < -0.39 is 0 Å². The van der Waals surface area contributed by atoms with Crippen molar-refractivity contribution >= 4 is 5.91 Å². The molecular formula is C21H26N2O3. The van der Waals surface area contributed by atoms with Crippen molar-refractivity contribution in [3.05, 3.63) is 60.2 Å². The van der Waals surface area contributed by atoms with Gasteiger partial charge in [-0.25, -0.2) is 0 Å². The summed E-state index contributed by atoms with van der Waals surface area (Å²) in [5, 5.41) is 2.94. The fraction of sp³-hybridized carbons (Fsp3) is 0.381. The Balaban J connectivity index is 1.41. The normalized spacial score (nSPS) is 13.5. The minimum atomic E-state index is 0.0436. The Morgan fingerprint density at radius 3 is 2.46 bits per heavy atom. The van der Waals surface area contributed by atoms with Crippen LogP contribution in [0.25, 0.3) is 0 Å². The van der Waals surface area contributed by atoms with Crippen molar-refractivity contribution in [2.24, 2.45) is 0 Å². The number of ether oxygens (including phenoxy) is 2. The molecule has 1 aliphatic carbocycles. The van der Waals surface area contributed by atoms with Crippen LogP contribution in [-0.2, 0) is 11.3 Å². The molecule has 3 rings (SSSR count). The number of carbonyl (C=O) groups is 1. The predicted molar refractivity (Wildman–Crippen MR) is 101 cm³/mol. The Labute approximate surface area is 154 Å². The number of carbonyl (C=O) groups excluding carboxylic acids is 1. The number of para-hydroxylation sites is 1. The number of hydrogen-bond donors (Lipinski definition) is 1. The first-order valence-electron chi connectivity index (χ1n) is 9.06. The molecule has 0 unspecified atom stereocenters. The van der Waals surface area contributed by atoms with Crippen LogP contribution in [0.4, 0.5) is 0 Å². The molecule has 1 aliphatic rings. The van der Waals surface area contributed by atoms with E-state index >= 15 is 0 Å². The van der Waals surface area contributed by atoms with Crippen LogP contribution in [-0.4, -0.2) is 43.7 Å². The lowest BCUT2D eigenvalue weighted by atomic mass is 10.2. The Hall–Kier alpha value is -2.53. The molecule has 1 fully saturated rings. The molecule has 0 radical (unpaired) electrons. The van der Waals surface area contributed by atoms with Crippen LogP contribution in [0.5, 0.6) is 11.5 Å². The first kappa shape index (κ1) is 18.3. The largest absolute Gasteiger partial charge is 0.497 e. The molecule has 0 spiro atoms. The second kappa shape index (κ2) is 9.25. The summed E-state index contributed by atoms with van der Waals surface area (Å²) in [4.78, 5) is 14.5. The lowest BCUT2D eigenvalue weighted by Gasteiger charge is -2.21. The van der Waals surface area contributed by atoms with Gasteiger partial charge in [0.15, 0.2) is 0 Å². The van der Waals surface area contributed by atoms with E-state index in [4.69, 9.17) is 9.47 Å². The minimum Gasteiger partial charge on any atom is -0.497 e. The molecule has 0 aliphatic heterocycles. The van der Waals surface area contributed by atoms with Crippen LogP contribution < -0.4 is 14.8 Å². The van der Waals surface area contributed by atoms with Crippen LogP contribution in [0.1, 0.15) is 18.4 Å². The molecule has 0 bridgehead atoms. The summed E-state index contributed by atoms with van der Waals surface area (Å²) in [6.45, 7) is 2.18. The monoisotopic (exact) mass is 354 g/mol. The Kier molecular flexibility index (Phi) is 6.50. The van der Waals surface area contributed by atoms with Crippen LogP contribution in [0, 0.1) is 0 Å². The molecule has 1 N–H and O–H groups in total. The fourth-order valence-corrected chi connectivity index (χ4v) is 2.84. The maximum atomic E-state index is 12.3. The van der Waals surface area contributed by atoms with Crippen molar-refractivity contribution in [2.75, 3.05) is 26.8 Å². The third-order valence-electron chi connectivity index (χ3n) is 4.39. The number of amides is 1. The molecule has 2 aromatic rings. The number of nitrogens with zero attached hydrogens (tertiary/aromatic N) is 1. The van der Waals surface area contributed by atoms with Gasteiger partial charge in [-0.1, -0.05) is 30.3 Å². The molecule has 2 aromatic carbocycles. The molecule has 0 saturated heterocycles. The second-order valence-corrected chi connectivity index (χ2v) is 6.50. The molecule has 0 heterocycles. The van der Waals surface area contributed by atoms with E-state index in [0.29, 0.717) is 25.7 Å². The van der Waals surface area contributed by atoms with Crippen LogP contribution in [0.15, 0.2) is 54.6 Å². The number of nitrogens with one attached hydrogen (secondary N) is 1. The van der Waals surface area contributed by atoms with Gasteiger partial charge in [-0.15, -0.1) is 0 Å². The van der Waals surface area contributed by atoms with Gasteiger partial charge >= 0.3 is 0 Å². The quantitative estimate of drug-likeness (QED) is 0.667. The van der Waals surface area contributed by atoms with Gasteiger partial charge in [-0.2, -0.15) is 0 Å². The number of methoxy groups -OCH3 is 1. The summed E-state index contributed by atoms with van der Waals surface area (Å²) in [7, 11) is 1.66. The lowest BCUT2D eigenvalue weighted by Crippen LogP contribution is -2.39. The Morgan fingerprint density at radius 2 is 1.81 bits per heavy atom. The van der Waals surface area contributed by atoms with Gasteiger partial charge in [-0.05, 0) is 42.7 Å². The van der Waals surface area contributed by atoms with Gasteiger partial charge in [0.1, 0.15) is 18.1 Å². The maximum Gasteiger partial charge on any atom is 0.234 e. The average Bonchev–Trinajstić information content (AvgIpc) is 3.51. The highest BCUT2D eigenvalue weighted by Gasteiger charge is 2.30. The van der Waals surface area contributed by atoms with E-state index in [9.17, 15) is 4.79 Å². The minimum absolute atomic E-state index is 0.0436. The van der Waals surface area contributed by atoms with Gasteiger partial charge in [0.05, 0.1) is 20.2 Å². The lowest BCUT2D eigenvalue weighted by molar-refractivity contribution is -0.122. The van der Waals surface area contributed by atoms with E-state index in [1.54, 1.807) is 7.11 Å². The number of rotatable bonds is 10. The molecule has 0 aromatic heterocycles. The summed E-state index contributed by atoms with van der Waals surface area (Å²) in [5.41, 5.74) is 1.19. The zero-order valence-electron chi connectivity index (χ0n) is 15.2. The van der Waals surface area contributed by atoms with Gasteiger partial charge in [-0.3, -0.25) is 9.69 Å². The molecule has 1 amide bonds. The Morgan fingerprint density at radius 1 is 1.08 bits per heavy atom. The van der Waals surface area contributed by atoms with Crippen LogP contribution in [0.3, 0.4) is 0 Å². The summed E-state index contributed by atoms with van der Waals surface area (Å²) >= 11 is 0. The van der Waals surface area contributed by atoms with Gasteiger partial charge in [0.25, 0.3) is 0 Å². The van der Waals surface area contributed by atoms with Crippen molar-refractivity contribution in [3.63, 3.8) is 0 Å². The summed E-state index contributed by atoms with van der Waals surface area (Å²) < 4.78 is 10.8. The van der Waals surface area contributed by atoms with Crippen molar-refractivity contribution in [2.45, 2.75) is 25.4 Å². The van der Waals surface area contributed by atoms with E-state index in [-0.39, 0.29) is 5.91 Å². The molecule has 1 saturated carbocycles. The zero-order chi connectivity index (χ0) is 18.2. The van der Waals surface area contributed by atoms with Crippen molar-refractivity contribution in [3.8, 4) is 11.5 Å². The highest BCUT2D eigenvalue weighted by atomic mass is 16.5. The average molecular weight is 354 g/mol. The molecule has 0 atom stereocenters. The van der Waals surface area contributed by atoms with Crippen molar-refractivity contribution in [1.82, 2.24) is 10.2 Å². The molecule has 138 valence electrons. The van der Waals surface area contributed by atoms with E-state index in [1.807, 2.05) is 42.5 Å². The summed E-state index contributed by atoms with van der Waals surface area (Å²) in [6, 6.07) is 18.2. The summed E-state index contributed by atoms with van der Waals surface area (Å²) in [6.07, 6.45) is 2.33. The highest BCUT2D eigenvalue weighted by molar-refractivity contribution is 5.78. The van der Waals surface area contributed by atoms with E-state index in [1.165, 1.54) is 18.4 Å². The second-order valence-electron chi connectivity index (χ2n) is 6.50. The molecule has 5 heteroatoms. The highest BCUT2D eigenvalue weighted by Crippen LogP contribution is 2.28. The van der Waals surface area contributed by atoms with Crippen LogP contribution in [0.2, 0.25) is 0 Å². The third kappa shape index (κ3) is 5.77. The first-order valence-corrected chi connectivity index (χ1v) is 9.06. The number of benzene rings is 2. The third-order valence-corrected chi connectivity index (χ3v) is 4.39. The van der Waals surface area contributed by atoms with Crippen LogP contribution >= 0.6 is 0 Å². The standard InChI is InChI=1S/C21H26N2O3/c1-25-19-11-7-17(8-12-19)15-23(18-9-10-18)16-21(24)22-13-14-26-20-5-3-2-4-6-20/h2-8,11-12,18H,9-10,13-16H2,1H3,(H,22,24). The van der Waals surface area contributed by atoms with Gasteiger partial charge in [0.2, 0.25) is 5.91 Å². The SMILES string of the molecule is COc1ccc(CN(CC(=O)NCCOc2ccccc2)C2CC2)cc1.